The Morgan fingerprint density at radius 2 is 2.19 bits per heavy atom. The molecule has 0 radical (unpaired) electrons. The molecule has 0 amide bonds. The molecule has 0 N–H and O–H groups in total. The molecule has 0 fully saturated rings. The number of sulfone groups is 1. The minimum atomic E-state index is -3.11. The van der Waals surface area contributed by atoms with Gasteiger partial charge in [-0.25, -0.2) is 8.42 Å². The second kappa shape index (κ2) is 5.91. The molecule has 16 heavy (non-hydrogen) atoms. The van der Waals surface area contributed by atoms with Crippen molar-refractivity contribution >= 4 is 50.6 Å². The predicted molar refractivity (Wildman–Crippen MR) is 74.8 cm³/mol. The highest BCUT2D eigenvalue weighted by atomic mass is 35.5. The van der Waals surface area contributed by atoms with Crippen molar-refractivity contribution in [2.75, 3.05) is 12.5 Å². The van der Waals surface area contributed by atoms with Crippen LogP contribution in [0, 0.1) is 0 Å². The van der Waals surface area contributed by atoms with E-state index in [1.54, 1.807) is 18.4 Å². The van der Waals surface area contributed by atoms with Crippen LogP contribution >= 0.6 is 34.7 Å². The predicted octanol–water partition coefficient (Wildman–Crippen LogP) is 3.66. The molecule has 0 aliphatic carbocycles. The van der Waals surface area contributed by atoms with Gasteiger partial charge >= 0.3 is 0 Å². The van der Waals surface area contributed by atoms with E-state index >= 15 is 0 Å². The molecule has 0 saturated carbocycles. The normalized spacial score (nSPS) is 13.6. The van der Waals surface area contributed by atoms with Gasteiger partial charge in [-0.3, -0.25) is 0 Å². The molecule has 1 rings (SSSR count). The van der Waals surface area contributed by atoms with E-state index in [0.717, 1.165) is 9.21 Å². The Labute approximate surface area is 109 Å². The largest absolute Gasteiger partial charge is 0.223 e. The van der Waals surface area contributed by atoms with Gasteiger partial charge < -0.3 is 0 Å². The van der Waals surface area contributed by atoms with Gasteiger partial charge in [0.25, 0.3) is 0 Å². The second-order valence-corrected chi connectivity index (χ2v) is 7.80. The van der Waals surface area contributed by atoms with Crippen LogP contribution in [0.3, 0.4) is 0 Å². The molecule has 0 spiro atoms. The third-order valence-corrected chi connectivity index (χ3v) is 5.66. The summed E-state index contributed by atoms with van der Waals surface area (Å²) in [7, 11) is -3.11. The lowest BCUT2D eigenvalue weighted by molar-refractivity contribution is 0.609. The molecule has 0 aliphatic rings. The van der Waals surface area contributed by atoms with Gasteiger partial charge in [-0.15, -0.1) is 23.1 Å². The van der Waals surface area contributed by atoms with Crippen molar-refractivity contribution in [2.45, 2.75) is 0 Å². The van der Waals surface area contributed by atoms with Crippen LogP contribution in [0.15, 0.2) is 28.5 Å². The van der Waals surface area contributed by atoms with Crippen LogP contribution in [0.1, 0.15) is 4.88 Å². The highest BCUT2D eigenvalue weighted by Crippen LogP contribution is 2.23. The molecule has 0 saturated heterocycles. The van der Waals surface area contributed by atoms with Crippen LogP contribution in [-0.2, 0) is 9.84 Å². The molecule has 1 heterocycles. The monoisotopic (exact) mass is 294 g/mol. The van der Waals surface area contributed by atoms with Gasteiger partial charge in [-0.2, -0.15) is 0 Å². The van der Waals surface area contributed by atoms with E-state index < -0.39 is 9.84 Å². The molecule has 1 aromatic heterocycles. The van der Waals surface area contributed by atoms with E-state index in [4.69, 9.17) is 11.6 Å². The highest BCUT2D eigenvalue weighted by molar-refractivity contribution is 8.18. The minimum absolute atomic E-state index is 0.353. The fraction of sp³-hybridized carbons (Fsp3) is 0.200. The zero-order valence-electron chi connectivity index (χ0n) is 8.81. The second-order valence-electron chi connectivity index (χ2n) is 2.96. The maximum Gasteiger partial charge on any atom is 0.181 e. The van der Waals surface area contributed by atoms with Gasteiger partial charge in [-0.1, -0.05) is 17.7 Å². The quantitative estimate of drug-likeness (QED) is 0.795. The standard InChI is InChI=1S/C10H11ClO2S3/c1-14-10(16(2,12)13)5-3-4-8-6-7-9(11)15-8/h3-7H,1-2H3/b4-3+,10-5+. The van der Waals surface area contributed by atoms with E-state index in [0.29, 0.717) is 4.24 Å². The molecular weight excluding hydrogens is 284 g/mol. The van der Waals surface area contributed by atoms with Crippen molar-refractivity contribution in [3.05, 3.63) is 37.7 Å². The van der Waals surface area contributed by atoms with E-state index in [-0.39, 0.29) is 0 Å². The molecule has 88 valence electrons. The summed E-state index contributed by atoms with van der Waals surface area (Å²) in [5.74, 6) is 0. The van der Waals surface area contributed by atoms with Gasteiger partial charge in [0.15, 0.2) is 9.84 Å². The number of allylic oxidation sites excluding steroid dienone is 2. The van der Waals surface area contributed by atoms with Gasteiger partial charge in [0.1, 0.15) is 0 Å². The van der Waals surface area contributed by atoms with E-state index in [2.05, 4.69) is 0 Å². The number of thioether (sulfide) groups is 1. The number of hydrogen-bond acceptors (Lipinski definition) is 4. The van der Waals surface area contributed by atoms with Crippen molar-refractivity contribution in [2.24, 2.45) is 0 Å². The van der Waals surface area contributed by atoms with Gasteiger partial charge in [0.2, 0.25) is 0 Å². The van der Waals surface area contributed by atoms with Crippen LogP contribution in [0.2, 0.25) is 4.34 Å². The lowest BCUT2D eigenvalue weighted by Crippen LogP contribution is -1.96. The third kappa shape index (κ3) is 4.33. The van der Waals surface area contributed by atoms with Gasteiger partial charge in [0, 0.05) is 11.1 Å². The third-order valence-electron chi connectivity index (χ3n) is 1.65. The number of thiophene rings is 1. The molecule has 0 bridgehead atoms. The summed E-state index contributed by atoms with van der Waals surface area (Å²) >= 11 is 8.44. The topological polar surface area (TPSA) is 34.1 Å². The van der Waals surface area contributed by atoms with Crippen molar-refractivity contribution in [3.8, 4) is 0 Å². The average molecular weight is 295 g/mol. The summed E-state index contributed by atoms with van der Waals surface area (Å²) in [5.41, 5.74) is 0. The summed E-state index contributed by atoms with van der Waals surface area (Å²) in [4.78, 5) is 0.996. The molecule has 0 atom stereocenters. The van der Waals surface area contributed by atoms with Crippen molar-refractivity contribution in [1.29, 1.82) is 0 Å². The lowest BCUT2D eigenvalue weighted by Gasteiger charge is -1.97. The van der Waals surface area contributed by atoms with Crippen LogP contribution in [0.25, 0.3) is 6.08 Å². The molecular formula is C10H11ClO2S3. The van der Waals surface area contributed by atoms with E-state index in [1.165, 1.54) is 29.4 Å². The first kappa shape index (κ1) is 13.8. The first-order valence-electron chi connectivity index (χ1n) is 4.31. The Morgan fingerprint density at radius 3 is 2.62 bits per heavy atom. The zero-order valence-corrected chi connectivity index (χ0v) is 12.0. The Bertz CT molecular complexity index is 512. The Kier molecular flexibility index (Phi) is 5.11. The highest BCUT2D eigenvalue weighted by Gasteiger charge is 2.07. The number of hydrogen-bond donors (Lipinski definition) is 0. The summed E-state index contributed by atoms with van der Waals surface area (Å²) in [6.07, 6.45) is 8.08. The fourth-order valence-corrected chi connectivity index (χ4v) is 3.71. The number of halogens is 1. The minimum Gasteiger partial charge on any atom is -0.223 e. The van der Waals surface area contributed by atoms with Crippen molar-refractivity contribution in [1.82, 2.24) is 0 Å². The summed E-state index contributed by atoms with van der Waals surface area (Å²) in [6.45, 7) is 0. The molecule has 1 aromatic rings. The molecule has 0 unspecified atom stereocenters. The van der Waals surface area contributed by atoms with E-state index in [1.807, 2.05) is 18.2 Å². The van der Waals surface area contributed by atoms with Gasteiger partial charge in [0.05, 0.1) is 8.57 Å². The van der Waals surface area contributed by atoms with Crippen molar-refractivity contribution in [3.63, 3.8) is 0 Å². The van der Waals surface area contributed by atoms with Crippen LogP contribution in [0.4, 0.5) is 0 Å². The maximum atomic E-state index is 11.3. The molecule has 0 aromatic carbocycles. The molecule has 0 aliphatic heterocycles. The fourth-order valence-electron chi connectivity index (χ4n) is 0.982. The first-order chi connectivity index (χ1) is 7.43. The lowest BCUT2D eigenvalue weighted by atomic mass is 10.4. The average Bonchev–Trinajstić information content (AvgIpc) is 2.57. The van der Waals surface area contributed by atoms with Gasteiger partial charge in [-0.05, 0) is 30.5 Å². The van der Waals surface area contributed by atoms with Crippen LogP contribution in [0.5, 0.6) is 0 Å². The first-order valence-corrected chi connectivity index (χ1v) is 8.62. The maximum absolute atomic E-state index is 11.3. The smallest absolute Gasteiger partial charge is 0.181 e. The summed E-state index contributed by atoms with van der Waals surface area (Å²) in [5, 5.41) is 0. The summed E-state index contributed by atoms with van der Waals surface area (Å²) in [6, 6.07) is 3.69. The summed E-state index contributed by atoms with van der Waals surface area (Å²) < 4.78 is 23.6. The SMILES string of the molecule is CS/C(=C\C=C\c1ccc(Cl)s1)S(C)(=O)=O. The Morgan fingerprint density at radius 1 is 1.50 bits per heavy atom. The van der Waals surface area contributed by atoms with E-state index in [9.17, 15) is 8.42 Å². The zero-order chi connectivity index (χ0) is 12.2. The Hall–Kier alpha value is -0.230. The molecule has 2 nitrogen and oxygen atoms in total. The Balaban J connectivity index is 2.82. The number of rotatable bonds is 4. The van der Waals surface area contributed by atoms with Crippen LogP contribution < -0.4 is 0 Å². The van der Waals surface area contributed by atoms with Crippen molar-refractivity contribution < 1.29 is 8.42 Å². The molecule has 6 heteroatoms. The van der Waals surface area contributed by atoms with Crippen LogP contribution in [-0.4, -0.2) is 20.9 Å².